The number of hydrogen-bond donors (Lipinski definition) is 2. The maximum absolute atomic E-state index is 12.5. The van der Waals surface area contributed by atoms with Gasteiger partial charge in [-0.3, -0.25) is 4.79 Å². The predicted molar refractivity (Wildman–Crippen MR) is 110 cm³/mol. The molecule has 9 nitrogen and oxygen atoms in total. The van der Waals surface area contributed by atoms with Crippen molar-refractivity contribution in [3.8, 4) is 5.69 Å². The van der Waals surface area contributed by atoms with Crippen molar-refractivity contribution in [2.75, 3.05) is 11.9 Å². The van der Waals surface area contributed by atoms with E-state index in [2.05, 4.69) is 10.4 Å². The molecule has 1 aromatic heterocycles. The minimum absolute atomic E-state index is 0.142. The summed E-state index contributed by atoms with van der Waals surface area (Å²) in [5.41, 5.74) is 2.35. The van der Waals surface area contributed by atoms with Crippen LogP contribution in [-0.2, 0) is 19.6 Å². The largest absolute Gasteiger partial charge is 0.452 e. The summed E-state index contributed by atoms with van der Waals surface area (Å²) in [6.07, 6.45) is 0. The van der Waals surface area contributed by atoms with Crippen molar-refractivity contribution in [2.45, 2.75) is 18.7 Å². The lowest BCUT2D eigenvalue weighted by molar-refractivity contribution is -0.119. The molecule has 156 valence electrons. The molecule has 0 unspecified atom stereocenters. The number of anilines is 1. The first-order valence-electron chi connectivity index (χ1n) is 8.88. The van der Waals surface area contributed by atoms with Crippen LogP contribution < -0.4 is 10.5 Å². The van der Waals surface area contributed by atoms with Crippen molar-refractivity contribution in [1.82, 2.24) is 9.78 Å². The second kappa shape index (κ2) is 8.47. The Balaban J connectivity index is 1.68. The van der Waals surface area contributed by atoms with E-state index in [0.29, 0.717) is 11.4 Å². The Morgan fingerprint density at radius 1 is 1.10 bits per heavy atom. The molecule has 3 rings (SSSR count). The zero-order valence-corrected chi connectivity index (χ0v) is 17.1. The van der Waals surface area contributed by atoms with Gasteiger partial charge in [-0.1, -0.05) is 24.3 Å². The fraction of sp³-hybridized carbons (Fsp3) is 0.150. The van der Waals surface area contributed by atoms with E-state index in [1.54, 1.807) is 18.5 Å². The molecule has 0 aliphatic heterocycles. The van der Waals surface area contributed by atoms with Gasteiger partial charge in [-0.25, -0.2) is 23.0 Å². The zero-order chi connectivity index (χ0) is 21.9. The van der Waals surface area contributed by atoms with Crippen molar-refractivity contribution < 1.29 is 22.7 Å². The van der Waals surface area contributed by atoms with Gasteiger partial charge < -0.3 is 10.1 Å². The van der Waals surface area contributed by atoms with Crippen molar-refractivity contribution in [2.24, 2.45) is 5.14 Å². The lowest BCUT2D eigenvalue weighted by atomic mass is 10.2. The van der Waals surface area contributed by atoms with Gasteiger partial charge in [-0.15, -0.1) is 0 Å². The number of benzene rings is 2. The first-order chi connectivity index (χ1) is 14.2. The molecule has 0 atom stereocenters. The Bertz CT molecular complexity index is 1200. The highest BCUT2D eigenvalue weighted by atomic mass is 32.2. The number of aromatic nitrogens is 2. The van der Waals surface area contributed by atoms with Crippen molar-refractivity contribution in [1.29, 1.82) is 0 Å². The number of nitrogens with two attached hydrogens (primary N) is 1. The van der Waals surface area contributed by atoms with Crippen LogP contribution in [0.2, 0.25) is 0 Å². The first kappa shape index (κ1) is 21.2. The van der Waals surface area contributed by atoms with Crippen LogP contribution in [0.25, 0.3) is 5.69 Å². The van der Waals surface area contributed by atoms with E-state index >= 15 is 0 Å². The third-order valence-electron chi connectivity index (χ3n) is 4.28. The van der Waals surface area contributed by atoms with E-state index in [9.17, 15) is 18.0 Å². The number of hydrogen-bond acceptors (Lipinski definition) is 6. The van der Waals surface area contributed by atoms with Gasteiger partial charge in [0.2, 0.25) is 10.0 Å². The molecule has 3 N–H and O–H groups in total. The highest BCUT2D eigenvalue weighted by molar-refractivity contribution is 7.89. The topological polar surface area (TPSA) is 133 Å². The summed E-state index contributed by atoms with van der Waals surface area (Å²) in [5, 5.41) is 11.9. The van der Waals surface area contributed by atoms with Gasteiger partial charge in [-0.05, 0) is 44.2 Å². The smallest absolute Gasteiger partial charge is 0.342 e. The third-order valence-corrected chi connectivity index (χ3v) is 5.19. The highest BCUT2D eigenvalue weighted by Gasteiger charge is 2.21. The monoisotopic (exact) mass is 428 g/mol. The quantitative estimate of drug-likeness (QED) is 0.576. The van der Waals surface area contributed by atoms with Gasteiger partial charge in [0.25, 0.3) is 5.91 Å². The van der Waals surface area contributed by atoms with Crippen molar-refractivity contribution in [3.05, 3.63) is 71.5 Å². The molecule has 0 saturated heterocycles. The fourth-order valence-corrected chi connectivity index (χ4v) is 3.47. The van der Waals surface area contributed by atoms with Crippen LogP contribution in [0.4, 0.5) is 5.69 Å². The van der Waals surface area contributed by atoms with Crippen LogP contribution >= 0.6 is 0 Å². The average molecular weight is 428 g/mol. The summed E-state index contributed by atoms with van der Waals surface area (Å²) < 4.78 is 29.6. The molecular formula is C20H20N4O5S. The van der Waals surface area contributed by atoms with E-state index in [-0.39, 0.29) is 16.1 Å². The summed E-state index contributed by atoms with van der Waals surface area (Å²) in [5.74, 6) is -1.30. The molecule has 3 aromatic rings. The number of esters is 1. The maximum atomic E-state index is 12.5. The van der Waals surface area contributed by atoms with E-state index in [4.69, 9.17) is 9.88 Å². The molecule has 2 aromatic carbocycles. The number of sulfonamides is 1. The van der Waals surface area contributed by atoms with Crippen LogP contribution in [0.3, 0.4) is 0 Å². The summed E-state index contributed by atoms with van der Waals surface area (Å²) in [4.78, 5) is 24.5. The minimum atomic E-state index is -3.90. The highest BCUT2D eigenvalue weighted by Crippen LogP contribution is 2.19. The molecule has 1 amide bonds. The summed E-state index contributed by atoms with van der Waals surface area (Å²) in [6, 6.07) is 14.8. The van der Waals surface area contributed by atoms with Gasteiger partial charge in [0.1, 0.15) is 5.56 Å². The average Bonchev–Trinajstić information content (AvgIpc) is 3.00. The van der Waals surface area contributed by atoms with Gasteiger partial charge in [-0.2, -0.15) is 5.10 Å². The molecule has 0 spiro atoms. The summed E-state index contributed by atoms with van der Waals surface area (Å²) in [7, 11) is -3.90. The van der Waals surface area contributed by atoms with Gasteiger partial charge in [0.15, 0.2) is 6.61 Å². The van der Waals surface area contributed by atoms with E-state index in [0.717, 1.165) is 5.69 Å². The van der Waals surface area contributed by atoms with Gasteiger partial charge in [0, 0.05) is 5.69 Å². The normalized spacial score (nSPS) is 11.2. The Morgan fingerprint density at radius 3 is 2.47 bits per heavy atom. The molecule has 1 heterocycles. The predicted octanol–water partition coefficient (Wildman–Crippen LogP) is 1.93. The number of primary sulfonamides is 1. The van der Waals surface area contributed by atoms with Crippen molar-refractivity contribution in [3.63, 3.8) is 0 Å². The maximum Gasteiger partial charge on any atom is 0.342 e. The molecule has 0 bridgehead atoms. The molecule has 0 fully saturated rings. The lowest BCUT2D eigenvalue weighted by Crippen LogP contribution is -2.21. The summed E-state index contributed by atoms with van der Waals surface area (Å²) in [6.45, 7) is 2.87. The number of ether oxygens (including phenoxy) is 1. The number of carbonyl (C=O) groups excluding carboxylic acids is 2. The van der Waals surface area contributed by atoms with Crippen LogP contribution in [0.15, 0.2) is 59.5 Å². The molecule has 0 radical (unpaired) electrons. The van der Waals surface area contributed by atoms with E-state index in [1.165, 1.54) is 24.3 Å². The number of rotatable bonds is 6. The SMILES string of the molecule is Cc1nn(-c2ccccc2)c(C)c1C(=O)OCC(=O)Nc1cccc(S(N)(=O)=O)c1. The number of aryl methyl sites for hydroxylation is 1. The summed E-state index contributed by atoms with van der Waals surface area (Å²) >= 11 is 0. The molecular weight excluding hydrogens is 408 g/mol. The number of nitrogens with one attached hydrogen (secondary N) is 1. The van der Waals surface area contributed by atoms with E-state index in [1.807, 2.05) is 30.3 Å². The lowest BCUT2D eigenvalue weighted by Gasteiger charge is -2.08. The van der Waals surface area contributed by atoms with Crippen LogP contribution in [0.1, 0.15) is 21.7 Å². The van der Waals surface area contributed by atoms with E-state index < -0.39 is 28.5 Å². The second-order valence-electron chi connectivity index (χ2n) is 6.49. The molecule has 30 heavy (non-hydrogen) atoms. The molecule has 0 aliphatic carbocycles. The Hall–Kier alpha value is -3.50. The minimum Gasteiger partial charge on any atom is -0.452 e. The molecule has 0 aliphatic rings. The van der Waals surface area contributed by atoms with Crippen LogP contribution in [-0.4, -0.2) is 36.7 Å². The Kier molecular flexibility index (Phi) is 5.99. The third kappa shape index (κ3) is 4.73. The second-order valence-corrected chi connectivity index (χ2v) is 8.05. The van der Waals surface area contributed by atoms with Gasteiger partial charge in [0.05, 0.1) is 22.0 Å². The Labute approximate surface area is 173 Å². The molecule has 10 heteroatoms. The van der Waals surface area contributed by atoms with Gasteiger partial charge >= 0.3 is 5.97 Å². The number of amides is 1. The fourth-order valence-electron chi connectivity index (χ4n) is 2.91. The first-order valence-corrected chi connectivity index (χ1v) is 10.4. The standard InChI is InChI=1S/C20H20N4O5S/c1-13-19(14(2)24(23-13)16-8-4-3-5-9-16)20(26)29-12-18(25)22-15-7-6-10-17(11-15)30(21,27)28/h3-11H,12H2,1-2H3,(H,22,25)(H2,21,27,28). The number of nitrogens with zero attached hydrogens (tertiary/aromatic N) is 2. The Morgan fingerprint density at radius 2 is 1.80 bits per heavy atom. The van der Waals surface area contributed by atoms with Crippen molar-refractivity contribution >= 4 is 27.6 Å². The number of carbonyl (C=O) groups is 2. The van der Waals surface area contributed by atoms with Crippen LogP contribution in [0, 0.1) is 13.8 Å². The zero-order valence-electron chi connectivity index (χ0n) is 16.3. The number of para-hydroxylation sites is 1. The molecule has 0 saturated carbocycles. The van der Waals surface area contributed by atoms with Crippen LogP contribution in [0.5, 0.6) is 0 Å².